The minimum Gasteiger partial charge on any atom is -0.327 e. The van der Waals surface area contributed by atoms with Gasteiger partial charge in [-0.1, -0.05) is 12.1 Å². The van der Waals surface area contributed by atoms with Gasteiger partial charge in [0.25, 0.3) is 0 Å². The Morgan fingerprint density at radius 3 is 2.61 bits per heavy atom. The summed E-state index contributed by atoms with van der Waals surface area (Å²) in [4.78, 5) is 6.31. The highest BCUT2D eigenvalue weighted by atomic mass is 32.2. The molecule has 0 fully saturated rings. The summed E-state index contributed by atoms with van der Waals surface area (Å²) in [6, 6.07) is 7.04. The van der Waals surface area contributed by atoms with E-state index in [4.69, 9.17) is 0 Å². The molecule has 1 aromatic carbocycles. The van der Waals surface area contributed by atoms with Crippen LogP contribution in [0.25, 0.3) is 0 Å². The highest BCUT2D eigenvalue weighted by Gasteiger charge is 2.24. The van der Waals surface area contributed by atoms with Gasteiger partial charge in [0.1, 0.15) is 6.67 Å². The number of benzene rings is 1. The second-order valence-corrected chi connectivity index (χ2v) is 6.82. The molecule has 0 bridgehead atoms. The van der Waals surface area contributed by atoms with Crippen LogP contribution in [0.15, 0.2) is 46.4 Å². The highest BCUT2D eigenvalue weighted by Crippen LogP contribution is 2.28. The second-order valence-electron chi connectivity index (χ2n) is 4.35. The van der Waals surface area contributed by atoms with Crippen LogP contribution < -0.4 is 4.90 Å². The average molecular weight is 264 g/mol. The van der Waals surface area contributed by atoms with E-state index >= 15 is 0 Å². The van der Waals surface area contributed by atoms with Crippen molar-refractivity contribution >= 4 is 21.7 Å². The lowest BCUT2D eigenvalue weighted by Gasteiger charge is -2.23. The Labute approximate surface area is 108 Å². The number of nitrogens with zero attached hydrogens (tertiary/aromatic N) is 2. The first kappa shape index (κ1) is 12.8. The van der Waals surface area contributed by atoms with Crippen molar-refractivity contribution in [1.29, 1.82) is 0 Å². The molecule has 4 nitrogen and oxygen atoms in total. The molecule has 0 spiro atoms. The van der Waals surface area contributed by atoms with E-state index in [1.807, 2.05) is 17.2 Å². The Kier molecular flexibility index (Phi) is 3.52. The summed E-state index contributed by atoms with van der Waals surface area (Å²) >= 11 is 0. The van der Waals surface area contributed by atoms with E-state index in [9.17, 15) is 8.42 Å². The third kappa shape index (κ3) is 2.31. The fourth-order valence-electron chi connectivity index (χ4n) is 1.73. The summed E-state index contributed by atoms with van der Waals surface area (Å²) in [6.07, 6.45) is 5.33. The third-order valence-electron chi connectivity index (χ3n) is 2.79. The van der Waals surface area contributed by atoms with Crippen LogP contribution >= 0.6 is 0 Å². The fourth-order valence-corrected chi connectivity index (χ4v) is 2.98. The minimum absolute atomic E-state index is 0.363. The summed E-state index contributed by atoms with van der Waals surface area (Å²) in [5.74, 6) is 0. The van der Waals surface area contributed by atoms with E-state index in [-0.39, 0.29) is 0 Å². The van der Waals surface area contributed by atoms with E-state index in [0.29, 0.717) is 17.3 Å². The second kappa shape index (κ2) is 4.94. The van der Waals surface area contributed by atoms with Crippen LogP contribution in [0.1, 0.15) is 13.8 Å². The normalized spacial score (nSPS) is 15.4. The average Bonchev–Trinajstić information content (AvgIpc) is 2.39. The molecule has 96 valence electrons. The molecular weight excluding hydrogens is 248 g/mol. The van der Waals surface area contributed by atoms with Crippen LogP contribution in [0.5, 0.6) is 0 Å². The number of hydrogen-bond acceptors (Lipinski definition) is 4. The molecule has 2 rings (SSSR count). The van der Waals surface area contributed by atoms with Gasteiger partial charge >= 0.3 is 0 Å². The van der Waals surface area contributed by atoms with Gasteiger partial charge in [-0.25, -0.2) is 8.42 Å². The zero-order valence-electron chi connectivity index (χ0n) is 10.4. The van der Waals surface area contributed by atoms with Crippen LogP contribution in [0.4, 0.5) is 5.69 Å². The first-order chi connectivity index (χ1) is 8.53. The molecule has 0 radical (unpaired) electrons. The minimum atomic E-state index is -3.28. The van der Waals surface area contributed by atoms with E-state index in [1.54, 1.807) is 44.3 Å². The molecule has 18 heavy (non-hydrogen) atoms. The van der Waals surface area contributed by atoms with Gasteiger partial charge < -0.3 is 4.90 Å². The van der Waals surface area contributed by atoms with Crippen LogP contribution in [-0.4, -0.2) is 26.6 Å². The van der Waals surface area contributed by atoms with Crippen molar-refractivity contribution in [3.8, 4) is 0 Å². The van der Waals surface area contributed by atoms with Gasteiger partial charge in [-0.3, -0.25) is 4.99 Å². The van der Waals surface area contributed by atoms with Gasteiger partial charge in [-0.05, 0) is 32.1 Å². The Bertz CT molecular complexity index is 589. The molecule has 0 saturated carbocycles. The van der Waals surface area contributed by atoms with Gasteiger partial charge in [0.05, 0.1) is 15.8 Å². The van der Waals surface area contributed by atoms with Gasteiger partial charge in [0, 0.05) is 12.4 Å². The molecule has 0 unspecified atom stereocenters. The largest absolute Gasteiger partial charge is 0.327 e. The molecule has 1 heterocycles. The number of para-hydroxylation sites is 1. The molecule has 5 heteroatoms. The van der Waals surface area contributed by atoms with Gasteiger partial charge in [0.2, 0.25) is 0 Å². The van der Waals surface area contributed by atoms with E-state index in [0.717, 1.165) is 0 Å². The molecule has 1 aromatic rings. The number of allylic oxidation sites excluding steroid dienone is 1. The third-order valence-corrected chi connectivity index (χ3v) is 4.99. The predicted molar refractivity (Wildman–Crippen MR) is 73.7 cm³/mol. The summed E-state index contributed by atoms with van der Waals surface area (Å²) in [6.45, 7) is 3.83. The van der Waals surface area contributed by atoms with Crippen molar-refractivity contribution in [3.05, 3.63) is 36.5 Å². The Morgan fingerprint density at radius 1 is 1.28 bits per heavy atom. The van der Waals surface area contributed by atoms with Crippen molar-refractivity contribution in [2.24, 2.45) is 4.99 Å². The van der Waals surface area contributed by atoms with Crippen molar-refractivity contribution in [1.82, 2.24) is 0 Å². The van der Waals surface area contributed by atoms with E-state index in [1.165, 1.54) is 0 Å². The summed E-state index contributed by atoms with van der Waals surface area (Å²) < 4.78 is 24.6. The van der Waals surface area contributed by atoms with Crippen LogP contribution in [0.2, 0.25) is 0 Å². The van der Waals surface area contributed by atoms with Crippen LogP contribution in [0.3, 0.4) is 0 Å². The highest BCUT2D eigenvalue weighted by molar-refractivity contribution is 7.92. The maximum atomic E-state index is 12.3. The topological polar surface area (TPSA) is 49.7 Å². The summed E-state index contributed by atoms with van der Waals surface area (Å²) in [5.41, 5.74) is 0.680. The summed E-state index contributed by atoms with van der Waals surface area (Å²) in [5, 5.41) is -0.434. The number of sulfone groups is 1. The number of rotatable bonds is 3. The van der Waals surface area contributed by atoms with Gasteiger partial charge in [-0.15, -0.1) is 0 Å². The molecule has 0 atom stereocenters. The predicted octanol–water partition coefficient (Wildman–Crippen LogP) is 2.23. The molecule has 0 saturated heterocycles. The maximum absolute atomic E-state index is 12.3. The monoisotopic (exact) mass is 264 g/mol. The Hall–Kier alpha value is -1.62. The van der Waals surface area contributed by atoms with E-state index < -0.39 is 15.1 Å². The van der Waals surface area contributed by atoms with Crippen molar-refractivity contribution in [2.45, 2.75) is 24.0 Å². The van der Waals surface area contributed by atoms with Crippen molar-refractivity contribution in [3.63, 3.8) is 0 Å². The zero-order valence-corrected chi connectivity index (χ0v) is 11.3. The molecule has 0 aliphatic carbocycles. The molecule has 0 N–H and O–H groups in total. The molecule has 0 aromatic heterocycles. The lowest BCUT2D eigenvalue weighted by atomic mass is 10.3. The SMILES string of the molecule is CC(C)S(=O)(=O)c1ccccc1N1C=CC=NC1. The molecule has 0 amide bonds. The Balaban J connectivity index is 2.50. The number of aliphatic imine (C=N–C) groups is 1. The lowest BCUT2D eigenvalue weighted by Crippen LogP contribution is -2.23. The van der Waals surface area contributed by atoms with Gasteiger partial charge in [-0.2, -0.15) is 0 Å². The molecule has 1 aliphatic heterocycles. The number of hydrogen-bond donors (Lipinski definition) is 0. The molecule has 1 aliphatic rings. The van der Waals surface area contributed by atoms with Crippen LogP contribution in [0, 0.1) is 0 Å². The standard InChI is InChI=1S/C13H16N2O2S/c1-11(2)18(16,17)13-7-4-3-6-12(13)15-9-5-8-14-10-15/h3-9,11H,10H2,1-2H3. The zero-order chi connectivity index (χ0) is 13.2. The van der Waals surface area contributed by atoms with Crippen molar-refractivity contribution < 1.29 is 8.42 Å². The van der Waals surface area contributed by atoms with Gasteiger partial charge in [0.15, 0.2) is 9.84 Å². The quantitative estimate of drug-likeness (QED) is 0.841. The molecular formula is C13H16N2O2S. The lowest BCUT2D eigenvalue weighted by molar-refractivity contribution is 0.587. The van der Waals surface area contributed by atoms with E-state index in [2.05, 4.69) is 4.99 Å². The first-order valence-corrected chi connectivity index (χ1v) is 7.34. The maximum Gasteiger partial charge on any atom is 0.182 e. The fraction of sp³-hybridized carbons (Fsp3) is 0.308. The van der Waals surface area contributed by atoms with Crippen LogP contribution in [-0.2, 0) is 9.84 Å². The summed E-state index contributed by atoms with van der Waals surface area (Å²) in [7, 11) is -3.28. The smallest absolute Gasteiger partial charge is 0.182 e. The Morgan fingerprint density at radius 2 is 2.00 bits per heavy atom. The number of anilines is 1. The first-order valence-electron chi connectivity index (χ1n) is 5.79. The van der Waals surface area contributed by atoms with Crippen molar-refractivity contribution in [2.75, 3.05) is 11.6 Å².